The lowest BCUT2D eigenvalue weighted by Crippen LogP contribution is -2.24. The van der Waals surface area contributed by atoms with Crippen LogP contribution in [0, 0.1) is 0 Å². The number of hydrogen-bond acceptors (Lipinski definition) is 3. The van der Waals surface area contributed by atoms with Crippen LogP contribution in [0.15, 0.2) is 18.2 Å². The van der Waals surface area contributed by atoms with E-state index in [-0.39, 0.29) is 6.10 Å². The molecule has 0 aliphatic carbocycles. The Morgan fingerprint density at radius 1 is 1.33 bits per heavy atom. The lowest BCUT2D eigenvalue weighted by molar-refractivity contribution is 0.242. The zero-order valence-corrected chi connectivity index (χ0v) is 12.5. The third-order valence-electron chi connectivity index (χ3n) is 2.89. The molecular formula is C14H20ClNOS. The van der Waals surface area contributed by atoms with Gasteiger partial charge in [-0.05, 0) is 56.4 Å². The van der Waals surface area contributed by atoms with Crippen molar-refractivity contribution in [3.8, 4) is 5.75 Å². The third-order valence-corrected chi connectivity index (χ3v) is 4.23. The van der Waals surface area contributed by atoms with E-state index in [9.17, 15) is 0 Å². The van der Waals surface area contributed by atoms with E-state index in [4.69, 9.17) is 16.3 Å². The number of nitrogens with one attached hydrogen (secondary N) is 1. The Balaban J connectivity index is 1.99. The molecule has 1 N–H and O–H groups in total. The lowest BCUT2D eigenvalue weighted by atomic mass is 10.1. The molecule has 1 aromatic carbocycles. The molecule has 2 nitrogen and oxygen atoms in total. The summed E-state index contributed by atoms with van der Waals surface area (Å²) in [6.07, 6.45) is 2.61. The van der Waals surface area contributed by atoms with Gasteiger partial charge in [0.15, 0.2) is 0 Å². The van der Waals surface area contributed by atoms with Crippen LogP contribution in [0.3, 0.4) is 0 Å². The topological polar surface area (TPSA) is 21.3 Å². The Labute approximate surface area is 118 Å². The fourth-order valence-electron chi connectivity index (χ4n) is 2.02. The maximum atomic E-state index is 6.22. The van der Waals surface area contributed by atoms with Gasteiger partial charge < -0.3 is 10.1 Å². The molecular weight excluding hydrogens is 266 g/mol. The molecule has 100 valence electrons. The Kier molecular flexibility index (Phi) is 5.07. The normalized spacial score (nSPS) is 16.9. The van der Waals surface area contributed by atoms with Crippen LogP contribution in [-0.4, -0.2) is 23.7 Å². The van der Waals surface area contributed by atoms with E-state index in [0.717, 1.165) is 11.4 Å². The van der Waals surface area contributed by atoms with Crippen molar-refractivity contribution >= 4 is 29.1 Å². The van der Waals surface area contributed by atoms with Crippen LogP contribution < -0.4 is 10.1 Å². The molecule has 1 aliphatic heterocycles. The highest BCUT2D eigenvalue weighted by molar-refractivity contribution is 7.99. The molecule has 0 spiro atoms. The summed E-state index contributed by atoms with van der Waals surface area (Å²) < 4.78 is 5.63. The first kappa shape index (κ1) is 13.9. The average molecular weight is 286 g/mol. The quantitative estimate of drug-likeness (QED) is 0.884. The van der Waals surface area contributed by atoms with E-state index >= 15 is 0 Å². The molecule has 0 unspecified atom stereocenters. The Bertz CT molecular complexity index is 391. The van der Waals surface area contributed by atoms with Crippen LogP contribution in [0.25, 0.3) is 0 Å². The molecule has 0 aromatic heterocycles. The van der Waals surface area contributed by atoms with Gasteiger partial charge in [0.2, 0.25) is 0 Å². The Hall–Kier alpha value is -0.540. The van der Waals surface area contributed by atoms with E-state index in [0.29, 0.717) is 11.1 Å². The molecule has 18 heavy (non-hydrogen) atoms. The van der Waals surface area contributed by atoms with E-state index in [1.54, 1.807) is 0 Å². The molecule has 1 aliphatic rings. The van der Waals surface area contributed by atoms with Gasteiger partial charge in [0.1, 0.15) is 5.75 Å². The van der Waals surface area contributed by atoms with Gasteiger partial charge in [0, 0.05) is 11.7 Å². The number of ether oxygens (including phenoxy) is 1. The summed E-state index contributed by atoms with van der Waals surface area (Å²) in [6.45, 7) is 4.00. The van der Waals surface area contributed by atoms with E-state index < -0.39 is 0 Å². The van der Waals surface area contributed by atoms with Gasteiger partial charge in [-0.3, -0.25) is 0 Å². The Morgan fingerprint density at radius 2 is 2.06 bits per heavy atom. The van der Waals surface area contributed by atoms with Gasteiger partial charge in [-0.15, -0.1) is 0 Å². The van der Waals surface area contributed by atoms with E-state index in [1.807, 2.05) is 43.8 Å². The Morgan fingerprint density at radius 3 is 2.67 bits per heavy atom. The minimum atomic E-state index is 0.150. The SMILES string of the molecule is CC(C)Oc1ccc(NC2CCSCC2)cc1Cl. The van der Waals surface area contributed by atoms with Crippen LogP contribution >= 0.6 is 23.4 Å². The maximum absolute atomic E-state index is 6.22. The molecule has 0 radical (unpaired) electrons. The van der Waals surface area contributed by atoms with Gasteiger partial charge in [-0.25, -0.2) is 0 Å². The van der Waals surface area contributed by atoms with Crippen molar-refractivity contribution in [2.45, 2.75) is 38.8 Å². The monoisotopic (exact) mass is 285 g/mol. The van der Waals surface area contributed by atoms with Crippen molar-refractivity contribution in [2.75, 3.05) is 16.8 Å². The summed E-state index contributed by atoms with van der Waals surface area (Å²) in [5.41, 5.74) is 1.09. The van der Waals surface area contributed by atoms with Gasteiger partial charge in [-0.2, -0.15) is 11.8 Å². The van der Waals surface area contributed by atoms with Crippen LogP contribution in [0.2, 0.25) is 5.02 Å². The fourth-order valence-corrected chi connectivity index (χ4v) is 3.35. The second-order valence-corrected chi connectivity index (χ2v) is 6.47. The summed E-state index contributed by atoms with van der Waals surface area (Å²) in [5.74, 6) is 3.26. The highest BCUT2D eigenvalue weighted by atomic mass is 35.5. The summed E-state index contributed by atoms with van der Waals surface area (Å²) in [6, 6.07) is 6.54. The molecule has 0 saturated carbocycles. The summed E-state index contributed by atoms with van der Waals surface area (Å²) in [7, 11) is 0. The summed E-state index contributed by atoms with van der Waals surface area (Å²) in [4.78, 5) is 0. The van der Waals surface area contributed by atoms with Crippen LogP contribution in [0.4, 0.5) is 5.69 Å². The van der Waals surface area contributed by atoms with Gasteiger partial charge in [0.05, 0.1) is 11.1 Å². The van der Waals surface area contributed by atoms with Crippen LogP contribution in [0.5, 0.6) is 5.75 Å². The molecule has 4 heteroatoms. The predicted molar refractivity (Wildman–Crippen MR) is 81.2 cm³/mol. The van der Waals surface area contributed by atoms with Crippen molar-refractivity contribution < 1.29 is 4.74 Å². The number of benzene rings is 1. The molecule has 2 rings (SSSR count). The predicted octanol–water partition coefficient (Wildman–Crippen LogP) is 4.43. The van der Waals surface area contributed by atoms with Crippen molar-refractivity contribution in [1.82, 2.24) is 0 Å². The summed E-state index contributed by atoms with van der Waals surface area (Å²) >= 11 is 8.26. The fraction of sp³-hybridized carbons (Fsp3) is 0.571. The molecule has 0 amide bonds. The largest absolute Gasteiger partial charge is 0.489 e. The average Bonchev–Trinajstić information content (AvgIpc) is 2.33. The highest BCUT2D eigenvalue weighted by Crippen LogP contribution is 2.30. The maximum Gasteiger partial charge on any atom is 0.138 e. The molecule has 0 bridgehead atoms. The zero-order valence-electron chi connectivity index (χ0n) is 10.9. The first-order valence-electron chi connectivity index (χ1n) is 6.45. The summed E-state index contributed by atoms with van der Waals surface area (Å²) in [5, 5.41) is 4.23. The van der Waals surface area contributed by atoms with Crippen molar-refractivity contribution in [3.05, 3.63) is 23.2 Å². The third kappa shape index (κ3) is 3.99. The molecule has 1 saturated heterocycles. The minimum Gasteiger partial charge on any atom is -0.489 e. The van der Waals surface area contributed by atoms with Crippen LogP contribution in [0.1, 0.15) is 26.7 Å². The van der Waals surface area contributed by atoms with Gasteiger partial charge in [-0.1, -0.05) is 11.6 Å². The van der Waals surface area contributed by atoms with Gasteiger partial charge in [0.25, 0.3) is 0 Å². The standard InChI is InChI=1S/C14H20ClNOS/c1-10(2)17-14-4-3-12(9-13(14)15)16-11-5-7-18-8-6-11/h3-4,9-11,16H,5-8H2,1-2H3. The molecule has 1 aromatic rings. The lowest BCUT2D eigenvalue weighted by Gasteiger charge is -2.24. The second-order valence-electron chi connectivity index (χ2n) is 4.84. The van der Waals surface area contributed by atoms with Crippen molar-refractivity contribution in [2.24, 2.45) is 0 Å². The number of thioether (sulfide) groups is 1. The van der Waals surface area contributed by atoms with Crippen molar-refractivity contribution in [3.63, 3.8) is 0 Å². The highest BCUT2D eigenvalue weighted by Gasteiger charge is 2.14. The second kappa shape index (κ2) is 6.58. The van der Waals surface area contributed by atoms with E-state index in [2.05, 4.69) is 5.32 Å². The molecule has 0 atom stereocenters. The zero-order chi connectivity index (χ0) is 13.0. The molecule has 1 fully saturated rings. The molecule has 1 heterocycles. The number of hydrogen-bond donors (Lipinski definition) is 1. The van der Waals surface area contributed by atoms with E-state index in [1.165, 1.54) is 24.3 Å². The first-order valence-corrected chi connectivity index (χ1v) is 7.99. The van der Waals surface area contributed by atoms with Crippen LogP contribution in [-0.2, 0) is 0 Å². The van der Waals surface area contributed by atoms with Gasteiger partial charge >= 0.3 is 0 Å². The number of anilines is 1. The number of rotatable bonds is 4. The first-order chi connectivity index (χ1) is 8.65. The number of halogens is 1. The minimum absolute atomic E-state index is 0.150. The van der Waals surface area contributed by atoms with Crippen molar-refractivity contribution in [1.29, 1.82) is 0 Å². The smallest absolute Gasteiger partial charge is 0.138 e.